The molecule has 2 bridgehead atoms. The van der Waals surface area contributed by atoms with Gasteiger partial charge in [-0.2, -0.15) is 0 Å². The van der Waals surface area contributed by atoms with E-state index >= 15 is 0 Å². The maximum Gasteiger partial charge on any atom is 0.248 e. The molecule has 0 N–H and O–H groups in total. The lowest BCUT2D eigenvalue weighted by Crippen LogP contribution is -2.34. The molecule has 2 aliphatic carbocycles. The molecule has 2 unspecified atom stereocenters. The molecule has 0 nitrogen and oxygen atoms in total. The SMILES string of the molecule is FC1(F)CC2CCCC(C2)C1. The molecule has 0 saturated heterocycles. The first kappa shape index (κ1) is 7.51. The van der Waals surface area contributed by atoms with Gasteiger partial charge in [-0.05, 0) is 18.3 Å². The van der Waals surface area contributed by atoms with E-state index in [0.29, 0.717) is 11.8 Å². The van der Waals surface area contributed by atoms with Crippen molar-refractivity contribution in [3.8, 4) is 0 Å². The summed E-state index contributed by atoms with van der Waals surface area (Å²) >= 11 is 0. The summed E-state index contributed by atoms with van der Waals surface area (Å²) in [5.41, 5.74) is 0. The van der Waals surface area contributed by atoms with Crippen LogP contribution in [0, 0.1) is 11.8 Å². The van der Waals surface area contributed by atoms with Crippen molar-refractivity contribution in [2.45, 2.75) is 44.4 Å². The van der Waals surface area contributed by atoms with Crippen LogP contribution in [-0.2, 0) is 0 Å². The summed E-state index contributed by atoms with van der Waals surface area (Å²) < 4.78 is 25.9. The molecule has 2 rings (SSSR count). The van der Waals surface area contributed by atoms with Crippen molar-refractivity contribution in [2.24, 2.45) is 11.8 Å². The molecule has 2 aliphatic rings. The quantitative estimate of drug-likeness (QED) is 0.510. The molecule has 2 fully saturated rings. The second kappa shape index (κ2) is 2.43. The third-order valence-corrected chi connectivity index (χ3v) is 3.07. The van der Waals surface area contributed by atoms with Crippen molar-refractivity contribution in [3.63, 3.8) is 0 Å². The zero-order valence-corrected chi connectivity index (χ0v) is 6.65. The molecule has 0 amide bonds. The fourth-order valence-corrected chi connectivity index (χ4v) is 2.70. The molecule has 0 aromatic carbocycles. The molecule has 0 radical (unpaired) electrons. The van der Waals surface area contributed by atoms with Gasteiger partial charge in [0.05, 0.1) is 0 Å². The highest BCUT2D eigenvalue weighted by molar-refractivity contribution is 4.86. The molecule has 0 heterocycles. The normalized spacial score (nSPS) is 42.0. The Morgan fingerprint density at radius 3 is 2.09 bits per heavy atom. The van der Waals surface area contributed by atoms with Crippen LogP contribution in [0.4, 0.5) is 8.78 Å². The minimum absolute atomic E-state index is 0.170. The van der Waals surface area contributed by atoms with E-state index in [1.54, 1.807) is 0 Å². The second-order valence-corrected chi connectivity index (χ2v) is 4.16. The van der Waals surface area contributed by atoms with Crippen molar-refractivity contribution in [1.82, 2.24) is 0 Å². The van der Waals surface area contributed by atoms with Gasteiger partial charge in [-0.25, -0.2) is 8.78 Å². The molecular formula is C9H14F2. The summed E-state index contributed by atoms with van der Waals surface area (Å²) in [5.74, 6) is -1.64. The van der Waals surface area contributed by atoms with Gasteiger partial charge in [0.25, 0.3) is 0 Å². The van der Waals surface area contributed by atoms with Crippen LogP contribution in [0.3, 0.4) is 0 Å². The zero-order valence-electron chi connectivity index (χ0n) is 6.65. The Bertz CT molecular complexity index is 140. The summed E-state index contributed by atoms with van der Waals surface area (Å²) in [6.45, 7) is 0. The lowest BCUT2D eigenvalue weighted by molar-refractivity contribution is -0.0840. The molecule has 2 heteroatoms. The van der Waals surface area contributed by atoms with Crippen LogP contribution < -0.4 is 0 Å². The van der Waals surface area contributed by atoms with Gasteiger partial charge in [-0.1, -0.05) is 19.3 Å². The van der Waals surface area contributed by atoms with E-state index in [1.165, 1.54) is 6.42 Å². The summed E-state index contributed by atoms with van der Waals surface area (Å²) in [5, 5.41) is 0. The summed E-state index contributed by atoms with van der Waals surface area (Å²) in [7, 11) is 0. The van der Waals surface area contributed by atoms with Gasteiger partial charge in [0.1, 0.15) is 0 Å². The van der Waals surface area contributed by atoms with E-state index < -0.39 is 5.92 Å². The first-order chi connectivity index (χ1) is 5.16. The van der Waals surface area contributed by atoms with Gasteiger partial charge in [0.15, 0.2) is 0 Å². The monoisotopic (exact) mass is 160 g/mol. The van der Waals surface area contributed by atoms with Crippen LogP contribution in [0.15, 0.2) is 0 Å². The third-order valence-electron chi connectivity index (χ3n) is 3.07. The molecule has 0 spiro atoms. The predicted octanol–water partition coefficient (Wildman–Crippen LogP) is 3.22. The number of fused-ring (bicyclic) bond motifs is 2. The summed E-state index contributed by atoms with van der Waals surface area (Å²) in [6.07, 6.45) is 4.70. The van der Waals surface area contributed by atoms with Gasteiger partial charge < -0.3 is 0 Å². The molecule has 0 aromatic heterocycles. The van der Waals surface area contributed by atoms with Crippen LogP contribution in [0.1, 0.15) is 38.5 Å². The Balaban J connectivity index is 2.05. The Morgan fingerprint density at radius 2 is 1.55 bits per heavy atom. The van der Waals surface area contributed by atoms with Crippen molar-refractivity contribution in [2.75, 3.05) is 0 Å². The first-order valence-electron chi connectivity index (χ1n) is 4.53. The molecule has 2 atom stereocenters. The van der Waals surface area contributed by atoms with Crippen LogP contribution in [0.2, 0.25) is 0 Å². The van der Waals surface area contributed by atoms with Crippen molar-refractivity contribution < 1.29 is 8.78 Å². The number of halogens is 2. The van der Waals surface area contributed by atoms with E-state index in [4.69, 9.17) is 0 Å². The minimum Gasteiger partial charge on any atom is -0.207 e. The first-order valence-corrected chi connectivity index (χ1v) is 4.53. The molecule has 64 valence electrons. The smallest absolute Gasteiger partial charge is 0.207 e. The van der Waals surface area contributed by atoms with Gasteiger partial charge in [0.2, 0.25) is 5.92 Å². The standard InChI is InChI=1S/C9H14F2/c10-9(11)5-7-2-1-3-8(4-7)6-9/h7-8H,1-6H2. The number of rotatable bonds is 0. The maximum atomic E-state index is 12.9. The minimum atomic E-state index is -2.33. The van der Waals surface area contributed by atoms with E-state index in [2.05, 4.69) is 0 Å². The number of alkyl halides is 2. The van der Waals surface area contributed by atoms with Crippen molar-refractivity contribution in [1.29, 1.82) is 0 Å². The average molecular weight is 160 g/mol. The lowest BCUT2D eigenvalue weighted by atomic mass is 9.71. The molecule has 11 heavy (non-hydrogen) atoms. The van der Waals surface area contributed by atoms with Crippen molar-refractivity contribution >= 4 is 0 Å². The van der Waals surface area contributed by atoms with Crippen molar-refractivity contribution in [3.05, 3.63) is 0 Å². The Hall–Kier alpha value is -0.140. The highest BCUT2D eigenvalue weighted by Crippen LogP contribution is 2.46. The third kappa shape index (κ3) is 1.54. The summed E-state index contributed by atoms with van der Waals surface area (Å²) in [4.78, 5) is 0. The van der Waals surface area contributed by atoms with Crippen LogP contribution in [0.5, 0.6) is 0 Å². The van der Waals surface area contributed by atoms with Crippen LogP contribution in [0.25, 0.3) is 0 Å². The fourth-order valence-electron chi connectivity index (χ4n) is 2.70. The fraction of sp³-hybridized carbons (Fsp3) is 1.00. The van der Waals surface area contributed by atoms with E-state index in [-0.39, 0.29) is 12.8 Å². The van der Waals surface area contributed by atoms with E-state index in [0.717, 1.165) is 19.3 Å². The Labute approximate surface area is 66.0 Å². The van der Waals surface area contributed by atoms with Gasteiger partial charge in [0, 0.05) is 12.8 Å². The topological polar surface area (TPSA) is 0 Å². The molecular weight excluding hydrogens is 146 g/mol. The van der Waals surface area contributed by atoms with Gasteiger partial charge in [-0.15, -0.1) is 0 Å². The Kier molecular flexibility index (Phi) is 1.66. The van der Waals surface area contributed by atoms with Gasteiger partial charge in [-0.3, -0.25) is 0 Å². The highest BCUT2D eigenvalue weighted by atomic mass is 19.3. The van der Waals surface area contributed by atoms with Crippen LogP contribution in [-0.4, -0.2) is 5.92 Å². The largest absolute Gasteiger partial charge is 0.248 e. The second-order valence-electron chi connectivity index (χ2n) is 4.16. The Morgan fingerprint density at radius 1 is 1.00 bits per heavy atom. The average Bonchev–Trinajstić information content (AvgIpc) is 1.82. The lowest BCUT2D eigenvalue weighted by Gasteiger charge is -2.38. The summed E-state index contributed by atoms with van der Waals surface area (Å²) in [6, 6.07) is 0. The molecule has 0 aromatic rings. The van der Waals surface area contributed by atoms with Gasteiger partial charge >= 0.3 is 0 Å². The van der Waals surface area contributed by atoms with E-state index in [1.807, 2.05) is 0 Å². The number of hydrogen-bond donors (Lipinski definition) is 0. The number of hydrogen-bond acceptors (Lipinski definition) is 0. The van der Waals surface area contributed by atoms with E-state index in [9.17, 15) is 8.78 Å². The predicted molar refractivity (Wildman–Crippen MR) is 39.6 cm³/mol. The maximum absolute atomic E-state index is 12.9. The molecule has 0 aliphatic heterocycles. The molecule has 2 saturated carbocycles. The van der Waals surface area contributed by atoms with Crippen LogP contribution >= 0.6 is 0 Å². The zero-order chi connectivity index (χ0) is 7.90. The highest BCUT2D eigenvalue weighted by Gasteiger charge is 2.42.